The quantitative estimate of drug-likeness (QED) is 0.822. The molecule has 1 fully saturated rings. The van der Waals surface area contributed by atoms with Gasteiger partial charge in [0.1, 0.15) is 0 Å². The van der Waals surface area contributed by atoms with Crippen molar-refractivity contribution in [2.24, 2.45) is 11.8 Å². The van der Waals surface area contributed by atoms with E-state index in [0.29, 0.717) is 18.4 Å². The normalized spacial score (nSPS) is 22.8. The van der Waals surface area contributed by atoms with Crippen molar-refractivity contribution in [2.45, 2.75) is 33.7 Å². The maximum Gasteiger partial charge on any atom is 0.236 e. The van der Waals surface area contributed by atoms with Crippen molar-refractivity contribution >= 4 is 28.8 Å². The summed E-state index contributed by atoms with van der Waals surface area (Å²) in [7, 11) is 0. The second kappa shape index (κ2) is 7.61. The Morgan fingerprint density at radius 2 is 2.05 bits per heavy atom. The predicted octanol–water partition coefficient (Wildman–Crippen LogP) is 3.73. The SMILES string of the molecule is CCN(CC(=O)N1CC(C)CC(C)C1)Cc1ccc(Cl)s1. The molecule has 1 aromatic rings. The first kappa shape index (κ1) is 16.8. The van der Waals surface area contributed by atoms with Crippen LogP contribution in [0.5, 0.6) is 0 Å². The molecule has 1 saturated heterocycles. The predicted molar refractivity (Wildman–Crippen MR) is 89.8 cm³/mol. The molecule has 1 amide bonds. The molecule has 0 saturated carbocycles. The van der Waals surface area contributed by atoms with Crippen molar-refractivity contribution in [3.8, 4) is 0 Å². The lowest BCUT2D eigenvalue weighted by Gasteiger charge is -2.36. The van der Waals surface area contributed by atoms with Gasteiger partial charge in [-0.25, -0.2) is 0 Å². The lowest BCUT2D eigenvalue weighted by Crippen LogP contribution is -2.46. The molecule has 0 bridgehead atoms. The summed E-state index contributed by atoms with van der Waals surface area (Å²) in [5, 5.41) is 0. The molecule has 2 unspecified atom stereocenters. The third-order valence-corrected chi connectivity index (χ3v) is 5.25. The summed E-state index contributed by atoms with van der Waals surface area (Å²) in [6.45, 7) is 10.6. The van der Waals surface area contributed by atoms with E-state index in [4.69, 9.17) is 11.6 Å². The second-order valence-corrected chi connectivity index (χ2v) is 8.05. The monoisotopic (exact) mass is 328 g/mol. The van der Waals surface area contributed by atoms with Crippen LogP contribution in [-0.4, -0.2) is 41.9 Å². The Hall–Kier alpha value is -0.580. The number of carbonyl (C=O) groups excluding carboxylic acids is 1. The number of thiophene rings is 1. The van der Waals surface area contributed by atoms with Crippen LogP contribution in [0.15, 0.2) is 12.1 Å². The van der Waals surface area contributed by atoms with Crippen LogP contribution in [-0.2, 0) is 11.3 Å². The van der Waals surface area contributed by atoms with Crippen LogP contribution in [0, 0.1) is 11.8 Å². The summed E-state index contributed by atoms with van der Waals surface area (Å²) in [6, 6.07) is 3.97. The highest BCUT2D eigenvalue weighted by Crippen LogP contribution is 2.23. The molecule has 1 aliphatic rings. The van der Waals surface area contributed by atoms with Crippen LogP contribution in [0.3, 0.4) is 0 Å². The van der Waals surface area contributed by atoms with Crippen molar-refractivity contribution in [1.29, 1.82) is 0 Å². The van der Waals surface area contributed by atoms with Crippen LogP contribution in [0.4, 0.5) is 0 Å². The van der Waals surface area contributed by atoms with E-state index >= 15 is 0 Å². The molecule has 2 rings (SSSR count). The van der Waals surface area contributed by atoms with Gasteiger partial charge in [0.05, 0.1) is 10.9 Å². The Kier molecular flexibility index (Phi) is 6.08. The highest BCUT2D eigenvalue weighted by atomic mass is 35.5. The van der Waals surface area contributed by atoms with E-state index in [9.17, 15) is 4.79 Å². The first-order valence-corrected chi connectivity index (χ1v) is 8.91. The number of hydrogen-bond acceptors (Lipinski definition) is 3. The number of likely N-dealkylation sites (tertiary alicyclic amines) is 1. The van der Waals surface area contributed by atoms with Gasteiger partial charge in [0.2, 0.25) is 5.91 Å². The van der Waals surface area contributed by atoms with E-state index in [2.05, 4.69) is 25.7 Å². The summed E-state index contributed by atoms with van der Waals surface area (Å²) in [6.07, 6.45) is 1.23. The van der Waals surface area contributed by atoms with Gasteiger partial charge in [-0.3, -0.25) is 9.69 Å². The van der Waals surface area contributed by atoms with E-state index in [1.807, 2.05) is 17.0 Å². The Morgan fingerprint density at radius 3 is 2.57 bits per heavy atom. The molecule has 2 heterocycles. The molecule has 0 N–H and O–H groups in total. The van der Waals surface area contributed by atoms with Crippen LogP contribution < -0.4 is 0 Å². The molecule has 0 aliphatic carbocycles. The molecule has 0 spiro atoms. The standard InChI is InChI=1S/C16H25ClN2OS/c1-4-18(10-14-5-6-15(17)21-14)11-16(20)19-8-12(2)7-13(3)9-19/h5-6,12-13H,4,7-11H2,1-3H3. The van der Waals surface area contributed by atoms with Gasteiger partial charge in [0.25, 0.3) is 0 Å². The molecule has 118 valence electrons. The minimum Gasteiger partial charge on any atom is -0.341 e. The molecule has 3 nitrogen and oxygen atoms in total. The van der Waals surface area contributed by atoms with Gasteiger partial charge in [0.15, 0.2) is 0 Å². The van der Waals surface area contributed by atoms with Crippen molar-refractivity contribution in [3.63, 3.8) is 0 Å². The first-order chi connectivity index (χ1) is 9.97. The molecule has 1 aliphatic heterocycles. The van der Waals surface area contributed by atoms with E-state index in [-0.39, 0.29) is 5.91 Å². The van der Waals surface area contributed by atoms with E-state index in [1.54, 1.807) is 11.3 Å². The van der Waals surface area contributed by atoms with Crippen molar-refractivity contribution in [2.75, 3.05) is 26.2 Å². The number of halogens is 1. The summed E-state index contributed by atoms with van der Waals surface area (Å²) in [4.78, 5) is 18.0. The zero-order chi connectivity index (χ0) is 15.4. The third-order valence-electron chi connectivity index (χ3n) is 4.04. The number of rotatable bonds is 5. The Morgan fingerprint density at radius 1 is 1.38 bits per heavy atom. The Balaban J connectivity index is 1.90. The van der Waals surface area contributed by atoms with Gasteiger partial charge in [0, 0.05) is 24.5 Å². The fourth-order valence-corrected chi connectivity index (χ4v) is 4.22. The summed E-state index contributed by atoms with van der Waals surface area (Å²) in [5.41, 5.74) is 0. The molecule has 1 aromatic heterocycles. The molecule has 21 heavy (non-hydrogen) atoms. The summed E-state index contributed by atoms with van der Waals surface area (Å²) < 4.78 is 0.811. The maximum atomic E-state index is 12.5. The molecular formula is C16H25ClN2OS. The minimum atomic E-state index is 0.262. The zero-order valence-electron chi connectivity index (χ0n) is 13.1. The molecular weight excluding hydrogens is 304 g/mol. The van der Waals surface area contributed by atoms with Crippen LogP contribution in [0.1, 0.15) is 32.1 Å². The van der Waals surface area contributed by atoms with Crippen LogP contribution >= 0.6 is 22.9 Å². The molecule has 5 heteroatoms. The van der Waals surface area contributed by atoms with Crippen molar-refractivity contribution < 1.29 is 4.79 Å². The highest BCUT2D eigenvalue weighted by Gasteiger charge is 2.26. The number of nitrogens with zero attached hydrogens (tertiary/aromatic N) is 2. The average Bonchev–Trinajstić information content (AvgIpc) is 2.82. The number of piperidine rings is 1. The van der Waals surface area contributed by atoms with Crippen molar-refractivity contribution in [3.05, 3.63) is 21.3 Å². The van der Waals surface area contributed by atoms with Gasteiger partial charge in [-0.05, 0) is 36.9 Å². The summed E-state index contributed by atoms with van der Waals surface area (Å²) >= 11 is 7.57. The fourth-order valence-electron chi connectivity index (χ4n) is 3.09. The fraction of sp³-hybridized carbons (Fsp3) is 0.688. The number of likely N-dealkylation sites (N-methyl/N-ethyl adjacent to an activating group) is 1. The number of carbonyl (C=O) groups is 1. The number of amides is 1. The van der Waals surface area contributed by atoms with Gasteiger partial charge < -0.3 is 4.90 Å². The van der Waals surface area contributed by atoms with E-state index in [1.165, 1.54) is 11.3 Å². The Bertz CT molecular complexity index is 467. The van der Waals surface area contributed by atoms with Crippen LogP contribution in [0.2, 0.25) is 4.34 Å². The van der Waals surface area contributed by atoms with E-state index in [0.717, 1.165) is 30.5 Å². The van der Waals surface area contributed by atoms with Crippen LogP contribution in [0.25, 0.3) is 0 Å². The lowest BCUT2D eigenvalue weighted by molar-refractivity contribution is -0.135. The van der Waals surface area contributed by atoms with Gasteiger partial charge in [-0.15, -0.1) is 11.3 Å². The molecule has 0 aromatic carbocycles. The first-order valence-electron chi connectivity index (χ1n) is 7.72. The highest BCUT2D eigenvalue weighted by molar-refractivity contribution is 7.16. The summed E-state index contributed by atoms with van der Waals surface area (Å²) in [5.74, 6) is 1.49. The average molecular weight is 329 g/mol. The van der Waals surface area contributed by atoms with Gasteiger partial charge >= 0.3 is 0 Å². The minimum absolute atomic E-state index is 0.262. The van der Waals surface area contributed by atoms with Gasteiger partial charge in [-0.1, -0.05) is 32.4 Å². The van der Waals surface area contributed by atoms with Gasteiger partial charge in [-0.2, -0.15) is 0 Å². The third kappa shape index (κ3) is 4.97. The second-order valence-electron chi connectivity index (χ2n) is 6.25. The lowest BCUT2D eigenvalue weighted by atomic mass is 9.92. The van der Waals surface area contributed by atoms with Crippen molar-refractivity contribution in [1.82, 2.24) is 9.80 Å². The Labute approximate surface area is 136 Å². The molecule has 0 radical (unpaired) electrons. The molecule has 2 atom stereocenters. The topological polar surface area (TPSA) is 23.6 Å². The maximum absolute atomic E-state index is 12.5. The largest absolute Gasteiger partial charge is 0.341 e. The van der Waals surface area contributed by atoms with E-state index < -0.39 is 0 Å². The number of hydrogen-bond donors (Lipinski definition) is 0. The smallest absolute Gasteiger partial charge is 0.236 e. The zero-order valence-corrected chi connectivity index (χ0v) is 14.7.